The van der Waals surface area contributed by atoms with E-state index in [1.807, 2.05) is 60.7 Å². The van der Waals surface area contributed by atoms with Crippen molar-refractivity contribution in [2.75, 3.05) is 4.90 Å². The number of amides is 2. The predicted molar refractivity (Wildman–Crippen MR) is 175 cm³/mol. The summed E-state index contributed by atoms with van der Waals surface area (Å²) in [5.41, 5.74) is 1.72. The van der Waals surface area contributed by atoms with E-state index >= 15 is 0 Å². The largest absolute Gasteiger partial charge is 0.457 e. The number of β-lactam (4-membered cyclic amide) rings is 1. The fourth-order valence-corrected chi connectivity index (χ4v) is 7.60. The quantitative estimate of drug-likeness (QED) is 0.0912. The van der Waals surface area contributed by atoms with Gasteiger partial charge in [0.25, 0.3) is 11.6 Å². The van der Waals surface area contributed by atoms with Crippen LogP contribution in [0.25, 0.3) is 0 Å². The molecule has 0 N–H and O–H groups in total. The van der Waals surface area contributed by atoms with Crippen molar-refractivity contribution in [3.05, 3.63) is 141 Å². The molecule has 4 aromatic rings. The second kappa shape index (κ2) is 13.6. The molecule has 3 aromatic carbocycles. The lowest BCUT2D eigenvalue weighted by Gasteiger charge is -2.51. The molecule has 0 saturated carbocycles. The van der Waals surface area contributed by atoms with E-state index in [9.17, 15) is 29.3 Å². The number of nitro benzene ring substituents is 1. The number of thioether (sulfide) groups is 1. The van der Waals surface area contributed by atoms with Crippen molar-refractivity contribution >= 4 is 57.5 Å². The van der Waals surface area contributed by atoms with Gasteiger partial charge in [0.15, 0.2) is 6.10 Å². The van der Waals surface area contributed by atoms with Gasteiger partial charge in [-0.05, 0) is 46.3 Å². The first kappa shape index (κ1) is 31.7. The number of nitrogens with zero attached hydrogens (tertiary/aromatic N) is 3. The van der Waals surface area contributed by atoms with Gasteiger partial charge < -0.3 is 14.4 Å². The van der Waals surface area contributed by atoms with E-state index in [0.717, 1.165) is 22.9 Å². The third kappa shape index (κ3) is 6.53. The van der Waals surface area contributed by atoms with Crippen LogP contribution in [0.4, 0.5) is 10.7 Å². The number of carbonyl (C=O) groups is 4. The topological polar surface area (TPSA) is 136 Å². The third-order valence-electron chi connectivity index (χ3n) is 7.65. The zero-order valence-electron chi connectivity index (χ0n) is 24.8. The number of anilines is 1. The van der Waals surface area contributed by atoms with Crippen LogP contribution in [0.3, 0.4) is 0 Å². The lowest BCUT2D eigenvalue weighted by molar-refractivity contribution is -0.384. The van der Waals surface area contributed by atoms with Gasteiger partial charge in [0.05, 0.1) is 15.5 Å². The van der Waals surface area contributed by atoms with Gasteiger partial charge in [0.2, 0.25) is 5.91 Å². The van der Waals surface area contributed by atoms with Crippen LogP contribution < -0.4 is 4.90 Å². The predicted octanol–water partition coefficient (Wildman–Crippen LogP) is 5.62. The first-order chi connectivity index (χ1) is 22.7. The molecule has 11 nitrogen and oxygen atoms in total. The summed E-state index contributed by atoms with van der Waals surface area (Å²) in [7, 11) is 0. The minimum absolute atomic E-state index is 0.102. The first-order valence-corrected chi connectivity index (χ1v) is 16.3. The molecule has 2 unspecified atom stereocenters. The van der Waals surface area contributed by atoms with Crippen molar-refractivity contribution in [1.82, 2.24) is 4.90 Å². The molecule has 238 valence electrons. The Morgan fingerprint density at radius 2 is 1.57 bits per heavy atom. The summed E-state index contributed by atoms with van der Waals surface area (Å²) in [5.74, 6) is -2.33. The molecule has 1 fully saturated rings. The summed E-state index contributed by atoms with van der Waals surface area (Å²) < 4.78 is 11.7. The van der Waals surface area contributed by atoms with Crippen molar-refractivity contribution in [2.45, 2.75) is 36.3 Å². The van der Waals surface area contributed by atoms with Gasteiger partial charge in [-0.15, -0.1) is 23.1 Å². The average molecular weight is 670 g/mol. The van der Waals surface area contributed by atoms with Gasteiger partial charge in [0.1, 0.15) is 23.3 Å². The molecule has 2 amide bonds. The minimum Gasteiger partial charge on any atom is -0.457 e. The Morgan fingerprint density at radius 1 is 0.936 bits per heavy atom. The number of ether oxygens (including phenoxy) is 2. The molecule has 0 aliphatic carbocycles. The van der Waals surface area contributed by atoms with Crippen molar-refractivity contribution in [1.29, 1.82) is 0 Å². The molecule has 6 rings (SSSR count). The van der Waals surface area contributed by atoms with Crippen molar-refractivity contribution in [3.63, 3.8) is 0 Å². The van der Waals surface area contributed by atoms with Crippen molar-refractivity contribution in [2.24, 2.45) is 0 Å². The molecule has 2 aliphatic heterocycles. The maximum absolute atomic E-state index is 14.1. The molecule has 3 heterocycles. The highest BCUT2D eigenvalue weighted by atomic mass is 32.2. The van der Waals surface area contributed by atoms with Crippen LogP contribution in [0.5, 0.6) is 0 Å². The molecular formula is C34H27N3O8S2. The van der Waals surface area contributed by atoms with Crippen LogP contribution in [-0.4, -0.2) is 50.2 Å². The number of hydrogen-bond donors (Lipinski definition) is 0. The standard InChI is InChI=1S/C34H27N3O8S2/c1-21(38)36(27-13-8-18-46-27)28-31(39)35-19-26(33(40)44-20-22-14-16-25(17-15-22)37(42)43)30(47-32(28)35)34(41)45-29(23-9-4-2-5-10-23)24-11-6-3-7-12-24/h2-19,28-30,32H,20H2,1H3/t28?,30?,32-/m1/s1. The Morgan fingerprint density at radius 3 is 2.13 bits per heavy atom. The first-order valence-electron chi connectivity index (χ1n) is 14.5. The highest BCUT2D eigenvalue weighted by Gasteiger charge is 2.57. The Bertz CT molecular complexity index is 1790. The van der Waals surface area contributed by atoms with Crippen LogP contribution in [0.2, 0.25) is 0 Å². The number of benzene rings is 3. The molecule has 2 aliphatic rings. The normalized spacial score (nSPS) is 18.4. The summed E-state index contributed by atoms with van der Waals surface area (Å²) in [6.07, 6.45) is 0.510. The number of esters is 2. The molecular weight excluding hydrogens is 643 g/mol. The highest BCUT2D eigenvalue weighted by Crippen LogP contribution is 2.45. The number of thiophene rings is 1. The zero-order valence-corrected chi connectivity index (χ0v) is 26.5. The maximum atomic E-state index is 14.1. The smallest absolute Gasteiger partial charge is 0.337 e. The highest BCUT2D eigenvalue weighted by molar-refractivity contribution is 8.01. The molecule has 13 heteroatoms. The number of non-ortho nitro benzene ring substituents is 1. The number of nitro groups is 1. The third-order valence-corrected chi connectivity index (χ3v) is 10.0. The van der Waals surface area contributed by atoms with E-state index in [0.29, 0.717) is 10.6 Å². The summed E-state index contributed by atoms with van der Waals surface area (Å²) >= 11 is 2.35. The van der Waals surface area contributed by atoms with Crippen LogP contribution in [-0.2, 0) is 35.3 Å². The van der Waals surface area contributed by atoms with Gasteiger partial charge in [0, 0.05) is 25.3 Å². The van der Waals surface area contributed by atoms with Gasteiger partial charge in [-0.1, -0.05) is 60.7 Å². The van der Waals surface area contributed by atoms with E-state index in [1.165, 1.54) is 58.5 Å². The lowest BCUT2D eigenvalue weighted by atomic mass is 10.0. The summed E-state index contributed by atoms with van der Waals surface area (Å²) in [5, 5.41) is 11.5. The van der Waals surface area contributed by atoms with E-state index in [1.54, 1.807) is 17.5 Å². The molecule has 1 aromatic heterocycles. The van der Waals surface area contributed by atoms with Crippen LogP contribution in [0.1, 0.15) is 29.7 Å². The second-order valence-corrected chi connectivity index (χ2v) is 12.8. The lowest BCUT2D eigenvalue weighted by Crippen LogP contribution is -2.70. The van der Waals surface area contributed by atoms with Crippen molar-refractivity contribution in [3.8, 4) is 0 Å². The van der Waals surface area contributed by atoms with E-state index in [2.05, 4.69) is 0 Å². The summed E-state index contributed by atoms with van der Waals surface area (Å²) in [6.45, 7) is 1.14. The van der Waals surface area contributed by atoms with Crippen molar-refractivity contribution < 1.29 is 33.6 Å². The molecule has 47 heavy (non-hydrogen) atoms. The number of carbonyl (C=O) groups excluding carboxylic acids is 4. The molecule has 0 bridgehead atoms. The van der Waals surface area contributed by atoms with Gasteiger partial charge in [-0.25, -0.2) is 4.79 Å². The van der Waals surface area contributed by atoms with Crippen LogP contribution in [0, 0.1) is 10.1 Å². The SMILES string of the molecule is CC(=O)N(c1cccs1)C1C(=O)N2C=C(C(=O)OCc3ccc([N+](=O)[O-])cc3)C(C(=O)OC(c3ccccc3)c3ccccc3)S[C@H]12. The Labute approximate surface area is 277 Å². The van der Waals surface area contributed by atoms with Gasteiger partial charge in [-0.2, -0.15) is 0 Å². The average Bonchev–Trinajstić information content (AvgIpc) is 3.63. The van der Waals surface area contributed by atoms with E-state index in [-0.39, 0.29) is 23.8 Å². The Kier molecular flexibility index (Phi) is 9.18. The molecule has 0 spiro atoms. The zero-order chi connectivity index (χ0) is 33.1. The summed E-state index contributed by atoms with van der Waals surface area (Å²) in [6, 6.07) is 26.5. The second-order valence-electron chi connectivity index (χ2n) is 10.7. The molecule has 1 saturated heterocycles. The number of rotatable bonds is 10. The minimum atomic E-state index is -1.21. The fraction of sp³-hybridized carbons (Fsp3) is 0.176. The number of fused-ring (bicyclic) bond motifs is 1. The Balaban J connectivity index is 1.30. The van der Waals surface area contributed by atoms with E-state index in [4.69, 9.17) is 9.47 Å². The van der Waals surface area contributed by atoms with Crippen LogP contribution in [0.15, 0.2) is 114 Å². The fourth-order valence-electron chi connectivity index (χ4n) is 5.36. The van der Waals surface area contributed by atoms with Crippen LogP contribution >= 0.6 is 23.1 Å². The van der Waals surface area contributed by atoms with E-state index < -0.39 is 45.5 Å². The molecule has 3 atom stereocenters. The van der Waals surface area contributed by atoms with Gasteiger partial charge >= 0.3 is 11.9 Å². The molecule has 0 radical (unpaired) electrons. The van der Waals surface area contributed by atoms with Gasteiger partial charge in [-0.3, -0.25) is 29.4 Å². The number of hydrogen-bond acceptors (Lipinski definition) is 10. The monoisotopic (exact) mass is 669 g/mol. The summed E-state index contributed by atoms with van der Waals surface area (Å²) in [4.78, 5) is 67.1. The maximum Gasteiger partial charge on any atom is 0.337 e. The Hall–Kier alpha value is -5.27.